The number of imide groups is 1. The van der Waals surface area contributed by atoms with Crippen LogP contribution < -0.4 is 5.32 Å². The van der Waals surface area contributed by atoms with E-state index in [2.05, 4.69) is 37.2 Å². The van der Waals surface area contributed by atoms with Crippen molar-refractivity contribution in [3.05, 3.63) is 42.5 Å². The van der Waals surface area contributed by atoms with Crippen LogP contribution in [0.1, 0.15) is 13.3 Å². The highest BCUT2D eigenvalue weighted by Gasteiger charge is 2.67. The van der Waals surface area contributed by atoms with Gasteiger partial charge in [0.1, 0.15) is 6.04 Å². The van der Waals surface area contributed by atoms with E-state index in [1.807, 2.05) is 42.5 Å². The van der Waals surface area contributed by atoms with Gasteiger partial charge in [0.2, 0.25) is 17.7 Å². The molecular formula is C22H20Br2N2O3. The summed E-state index contributed by atoms with van der Waals surface area (Å²) in [4.78, 5) is 40.8. The van der Waals surface area contributed by atoms with Gasteiger partial charge in [0.05, 0.1) is 11.8 Å². The van der Waals surface area contributed by atoms with Gasteiger partial charge in [-0.1, -0.05) is 68.3 Å². The first-order chi connectivity index (χ1) is 13.9. The maximum Gasteiger partial charge on any atom is 0.247 e. The molecule has 3 amide bonds. The van der Waals surface area contributed by atoms with Crippen LogP contribution in [0.3, 0.4) is 0 Å². The minimum atomic E-state index is -0.846. The zero-order valence-corrected chi connectivity index (χ0v) is 18.9. The fraction of sp³-hybridized carbons (Fsp3) is 0.409. The summed E-state index contributed by atoms with van der Waals surface area (Å²) in [6.45, 7) is 1.64. The lowest BCUT2D eigenvalue weighted by Crippen LogP contribution is -2.46. The molecule has 0 spiro atoms. The number of halogens is 2. The standard InChI is InChI=1S/C22H20Br2N2O3/c1-10(20(27)25-15-8-4-6-11-5-2-3-7-12(11)15)26-21(28)16-13-9-14(17(16)22(26)29)19(24)18(13)23/h2-8,10,13-14,16-19H,9H2,1H3,(H,25,27)/t10-,13-,14-,16-,17+,18+,19+/m1/s1. The lowest BCUT2D eigenvalue weighted by Gasteiger charge is -2.28. The number of likely N-dealkylation sites (tertiary alicyclic amines) is 1. The molecule has 1 saturated heterocycles. The van der Waals surface area contributed by atoms with Gasteiger partial charge in [0.25, 0.3) is 0 Å². The van der Waals surface area contributed by atoms with E-state index in [1.165, 1.54) is 4.90 Å². The largest absolute Gasteiger partial charge is 0.324 e. The number of anilines is 1. The molecule has 1 N–H and O–H groups in total. The number of carbonyl (C=O) groups excluding carboxylic acids is 3. The molecule has 1 aliphatic heterocycles. The number of carbonyl (C=O) groups is 3. The van der Waals surface area contributed by atoms with Gasteiger partial charge in [-0.05, 0) is 36.6 Å². The van der Waals surface area contributed by atoms with Gasteiger partial charge >= 0.3 is 0 Å². The summed E-state index contributed by atoms with van der Waals surface area (Å²) < 4.78 is 0. The van der Waals surface area contributed by atoms with Crippen LogP contribution in [0.4, 0.5) is 5.69 Å². The summed E-state index contributed by atoms with van der Waals surface area (Å²) in [6.07, 6.45) is 0.878. The normalized spacial score (nSPS) is 34.0. The van der Waals surface area contributed by atoms with E-state index in [-0.39, 0.29) is 51.0 Å². The summed E-state index contributed by atoms with van der Waals surface area (Å²) in [5, 5.41) is 4.86. The Morgan fingerprint density at radius 2 is 1.59 bits per heavy atom. The maximum absolute atomic E-state index is 13.1. The highest BCUT2D eigenvalue weighted by atomic mass is 79.9. The van der Waals surface area contributed by atoms with Crippen molar-refractivity contribution in [2.45, 2.75) is 29.0 Å². The minimum Gasteiger partial charge on any atom is -0.324 e. The second-order valence-electron chi connectivity index (χ2n) is 8.24. The van der Waals surface area contributed by atoms with Crippen molar-refractivity contribution in [2.24, 2.45) is 23.7 Å². The molecule has 5 rings (SSSR count). The van der Waals surface area contributed by atoms with E-state index in [4.69, 9.17) is 0 Å². The van der Waals surface area contributed by atoms with Crippen molar-refractivity contribution >= 4 is 66.0 Å². The van der Waals surface area contributed by atoms with Crippen molar-refractivity contribution in [3.8, 4) is 0 Å². The minimum absolute atomic E-state index is 0.143. The third kappa shape index (κ3) is 2.73. The number of hydrogen-bond acceptors (Lipinski definition) is 3. The molecule has 0 radical (unpaired) electrons. The van der Waals surface area contributed by atoms with E-state index in [0.717, 1.165) is 17.2 Å². The molecule has 7 heteroatoms. The van der Waals surface area contributed by atoms with Gasteiger partial charge in [-0.3, -0.25) is 19.3 Å². The number of hydrogen-bond donors (Lipinski definition) is 1. The highest BCUT2D eigenvalue weighted by molar-refractivity contribution is 9.12. The van der Waals surface area contributed by atoms with Crippen molar-refractivity contribution in [1.29, 1.82) is 0 Å². The van der Waals surface area contributed by atoms with E-state index in [0.29, 0.717) is 5.69 Å². The molecule has 7 atom stereocenters. The van der Waals surface area contributed by atoms with Crippen LogP contribution in [0.2, 0.25) is 0 Å². The predicted octanol–water partition coefficient (Wildman–Crippen LogP) is 3.94. The Labute approximate surface area is 185 Å². The average Bonchev–Trinajstić information content (AvgIpc) is 3.32. The summed E-state index contributed by atoms with van der Waals surface area (Å²) in [7, 11) is 0. The Kier molecular flexibility index (Phi) is 4.59. The first-order valence-corrected chi connectivity index (χ1v) is 11.7. The molecule has 2 aromatic carbocycles. The maximum atomic E-state index is 13.1. The van der Waals surface area contributed by atoms with Gasteiger partial charge in [0.15, 0.2) is 0 Å². The van der Waals surface area contributed by atoms with Crippen molar-refractivity contribution in [2.75, 3.05) is 5.32 Å². The molecular weight excluding hydrogens is 500 g/mol. The summed E-state index contributed by atoms with van der Waals surface area (Å²) in [5.74, 6) is -1.07. The zero-order chi connectivity index (χ0) is 20.4. The quantitative estimate of drug-likeness (QED) is 0.493. The SMILES string of the molecule is C[C@H](C(=O)Nc1cccc2ccccc12)N1C(=O)[C@@H]2[C@H]3C[C@@H]([C@H](Br)[C@H]3Br)[C@@H]2C1=O. The molecule has 1 heterocycles. The van der Waals surface area contributed by atoms with Gasteiger partial charge in [-0.15, -0.1) is 0 Å². The predicted molar refractivity (Wildman–Crippen MR) is 118 cm³/mol. The Morgan fingerprint density at radius 3 is 2.24 bits per heavy atom. The Bertz CT molecular complexity index is 1000. The van der Waals surface area contributed by atoms with Crippen molar-refractivity contribution in [3.63, 3.8) is 0 Å². The van der Waals surface area contributed by atoms with Crippen LogP contribution in [0.25, 0.3) is 10.8 Å². The van der Waals surface area contributed by atoms with Crippen LogP contribution in [0.5, 0.6) is 0 Å². The van der Waals surface area contributed by atoms with Gasteiger partial charge in [0, 0.05) is 20.7 Å². The van der Waals surface area contributed by atoms with Gasteiger partial charge < -0.3 is 5.32 Å². The average molecular weight is 520 g/mol. The topological polar surface area (TPSA) is 66.5 Å². The third-order valence-corrected chi connectivity index (χ3v) is 10.0. The number of nitrogens with one attached hydrogen (secondary N) is 1. The number of benzene rings is 2. The zero-order valence-electron chi connectivity index (χ0n) is 15.7. The molecule has 3 aliphatic rings. The number of rotatable bonds is 3. The first kappa shape index (κ1) is 19.2. The number of alkyl halides is 2. The second kappa shape index (κ2) is 6.91. The van der Waals surface area contributed by atoms with E-state index >= 15 is 0 Å². The fourth-order valence-corrected chi connectivity index (χ4v) is 7.32. The van der Waals surface area contributed by atoms with Crippen LogP contribution in [-0.2, 0) is 14.4 Å². The molecule has 5 nitrogen and oxygen atoms in total. The summed E-state index contributed by atoms with van der Waals surface area (Å²) in [5.41, 5.74) is 0.681. The van der Waals surface area contributed by atoms with Crippen LogP contribution in [0, 0.1) is 23.7 Å². The molecule has 3 fully saturated rings. The molecule has 2 aromatic rings. The van der Waals surface area contributed by atoms with Gasteiger partial charge in [-0.25, -0.2) is 0 Å². The van der Waals surface area contributed by atoms with Crippen molar-refractivity contribution < 1.29 is 14.4 Å². The number of amides is 3. The molecule has 150 valence electrons. The smallest absolute Gasteiger partial charge is 0.247 e. The molecule has 2 saturated carbocycles. The van der Waals surface area contributed by atoms with Crippen LogP contribution >= 0.6 is 31.9 Å². The molecule has 2 aliphatic carbocycles. The number of nitrogens with zero attached hydrogens (tertiary/aromatic N) is 1. The monoisotopic (exact) mass is 518 g/mol. The summed E-state index contributed by atoms with van der Waals surface area (Å²) in [6, 6.07) is 12.6. The van der Waals surface area contributed by atoms with E-state index < -0.39 is 6.04 Å². The van der Waals surface area contributed by atoms with Crippen LogP contribution in [-0.4, -0.2) is 38.3 Å². The first-order valence-electron chi connectivity index (χ1n) is 9.84. The van der Waals surface area contributed by atoms with Crippen LogP contribution in [0.15, 0.2) is 42.5 Å². The lowest BCUT2D eigenvalue weighted by atomic mass is 9.81. The highest BCUT2D eigenvalue weighted by Crippen LogP contribution is 2.60. The molecule has 0 aromatic heterocycles. The lowest BCUT2D eigenvalue weighted by molar-refractivity contribution is -0.146. The summed E-state index contributed by atoms with van der Waals surface area (Å²) >= 11 is 7.38. The van der Waals surface area contributed by atoms with Crippen molar-refractivity contribution in [1.82, 2.24) is 4.90 Å². The van der Waals surface area contributed by atoms with E-state index in [1.54, 1.807) is 6.92 Å². The number of fused-ring (bicyclic) bond motifs is 6. The van der Waals surface area contributed by atoms with Gasteiger partial charge in [-0.2, -0.15) is 0 Å². The second-order valence-corrected chi connectivity index (χ2v) is 10.4. The Hall–Kier alpha value is -1.73. The molecule has 2 bridgehead atoms. The molecule has 29 heavy (non-hydrogen) atoms. The molecule has 0 unspecified atom stereocenters. The third-order valence-electron chi connectivity index (χ3n) is 6.84. The Morgan fingerprint density at radius 1 is 1.00 bits per heavy atom. The van der Waals surface area contributed by atoms with E-state index in [9.17, 15) is 14.4 Å². The Balaban J connectivity index is 1.39. The fourth-order valence-electron chi connectivity index (χ4n) is 5.44.